The Morgan fingerprint density at radius 2 is 2.46 bits per heavy atom. The molecule has 0 N–H and O–H groups in total. The number of Topliss-reactive ketones (excluding diaryl/α,β-unsaturated/α-hetero) is 1. The number of carbonyl (C=O) groups is 1. The number of rotatable bonds is 3. The molecule has 1 aromatic rings. The fraction of sp³-hybridized carbons (Fsp3) is 0.300. The van der Waals surface area contributed by atoms with E-state index in [1.54, 1.807) is 13.0 Å². The third-order valence-electron chi connectivity index (χ3n) is 1.52. The maximum Gasteiger partial charge on any atom is 0.175 e. The predicted octanol–water partition coefficient (Wildman–Crippen LogP) is 3.39. The van der Waals surface area contributed by atoms with Crippen LogP contribution in [0.5, 0.6) is 0 Å². The third kappa shape index (κ3) is 2.87. The van der Waals surface area contributed by atoms with Crippen molar-refractivity contribution in [1.82, 2.24) is 0 Å². The summed E-state index contributed by atoms with van der Waals surface area (Å²) in [6.45, 7) is 1.77. The standard InChI is InChI=1S/C10H9ClOS/c1-2-3-4-5-9(12)10-8(11)6-7-13-10/h6-7H,4-5H2,1H3. The van der Waals surface area contributed by atoms with Crippen LogP contribution in [0.1, 0.15) is 29.4 Å². The lowest BCUT2D eigenvalue weighted by atomic mass is 10.2. The normalized spacial score (nSPS) is 9.08. The molecular weight excluding hydrogens is 204 g/mol. The molecule has 13 heavy (non-hydrogen) atoms. The largest absolute Gasteiger partial charge is 0.293 e. The van der Waals surface area contributed by atoms with Crippen molar-refractivity contribution in [2.45, 2.75) is 19.8 Å². The molecule has 0 saturated heterocycles. The second-order valence-corrected chi connectivity index (χ2v) is 3.77. The van der Waals surface area contributed by atoms with Gasteiger partial charge in [0.15, 0.2) is 5.78 Å². The highest BCUT2D eigenvalue weighted by atomic mass is 35.5. The lowest BCUT2D eigenvalue weighted by Crippen LogP contribution is -1.95. The summed E-state index contributed by atoms with van der Waals surface area (Å²) in [4.78, 5) is 12.1. The van der Waals surface area contributed by atoms with E-state index in [4.69, 9.17) is 11.6 Å². The van der Waals surface area contributed by atoms with Crippen molar-refractivity contribution in [3.8, 4) is 11.8 Å². The molecule has 0 fully saturated rings. The molecule has 1 aromatic heterocycles. The first-order chi connectivity index (χ1) is 6.25. The van der Waals surface area contributed by atoms with Crippen LogP contribution >= 0.6 is 22.9 Å². The van der Waals surface area contributed by atoms with Crippen LogP contribution < -0.4 is 0 Å². The highest BCUT2D eigenvalue weighted by Crippen LogP contribution is 2.23. The minimum Gasteiger partial charge on any atom is -0.293 e. The summed E-state index contributed by atoms with van der Waals surface area (Å²) in [5.74, 6) is 5.69. The molecule has 0 aliphatic carbocycles. The predicted molar refractivity (Wildman–Crippen MR) is 56.3 cm³/mol. The van der Waals surface area contributed by atoms with E-state index in [0.717, 1.165) is 0 Å². The van der Waals surface area contributed by atoms with E-state index < -0.39 is 0 Å². The van der Waals surface area contributed by atoms with Gasteiger partial charge in [-0.2, -0.15) is 0 Å². The Kier molecular flexibility index (Phi) is 4.01. The number of hydrogen-bond donors (Lipinski definition) is 0. The Hall–Kier alpha value is -0.780. The van der Waals surface area contributed by atoms with Gasteiger partial charge >= 0.3 is 0 Å². The van der Waals surface area contributed by atoms with Crippen LogP contribution in [-0.2, 0) is 0 Å². The monoisotopic (exact) mass is 212 g/mol. The molecule has 0 saturated carbocycles. The van der Waals surface area contributed by atoms with Crippen molar-refractivity contribution >= 4 is 28.7 Å². The zero-order chi connectivity index (χ0) is 9.68. The lowest BCUT2D eigenvalue weighted by molar-refractivity contribution is 0.0988. The molecule has 0 aromatic carbocycles. The summed E-state index contributed by atoms with van der Waals surface area (Å²) >= 11 is 7.19. The summed E-state index contributed by atoms with van der Waals surface area (Å²) in [7, 11) is 0. The molecule has 0 atom stereocenters. The van der Waals surface area contributed by atoms with Crippen molar-refractivity contribution in [2.24, 2.45) is 0 Å². The third-order valence-corrected chi connectivity index (χ3v) is 2.91. The molecule has 1 nitrogen and oxygen atoms in total. The number of thiophene rings is 1. The summed E-state index contributed by atoms with van der Waals surface area (Å²) in [5.41, 5.74) is 0. The molecule has 0 spiro atoms. The first-order valence-electron chi connectivity index (χ1n) is 3.91. The Bertz CT molecular complexity index is 356. The Labute approximate surface area is 86.7 Å². The summed E-state index contributed by atoms with van der Waals surface area (Å²) in [6, 6.07) is 1.74. The molecule has 68 valence electrons. The van der Waals surface area contributed by atoms with Gasteiger partial charge in [0.05, 0.1) is 9.90 Å². The van der Waals surface area contributed by atoms with Gasteiger partial charge in [0, 0.05) is 12.8 Å². The van der Waals surface area contributed by atoms with E-state index in [9.17, 15) is 4.79 Å². The maximum atomic E-state index is 11.5. The Balaban J connectivity index is 2.57. The van der Waals surface area contributed by atoms with Crippen LogP contribution in [0.15, 0.2) is 11.4 Å². The smallest absolute Gasteiger partial charge is 0.175 e. The number of hydrogen-bond acceptors (Lipinski definition) is 2. The van der Waals surface area contributed by atoms with Crippen LogP contribution in [0.25, 0.3) is 0 Å². The van der Waals surface area contributed by atoms with Gasteiger partial charge in [-0.1, -0.05) is 11.6 Å². The number of ketones is 1. The van der Waals surface area contributed by atoms with E-state index in [2.05, 4.69) is 11.8 Å². The summed E-state index contributed by atoms with van der Waals surface area (Å²) < 4.78 is 0. The van der Waals surface area contributed by atoms with Crippen molar-refractivity contribution in [3.05, 3.63) is 21.3 Å². The van der Waals surface area contributed by atoms with Crippen LogP contribution in [0.4, 0.5) is 0 Å². The van der Waals surface area contributed by atoms with E-state index in [0.29, 0.717) is 22.7 Å². The van der Waals surface area contributed by atoms with E-state index in [1.165, 1.54) is 11.3 Å². The summed E-state index contributed by atoms with van der Waals surface area (Å²) in [6.07, 6.45) is 1.07. The minimum absolute atomic E-state index is 0.0859. The first-order valence-corrected chi connectivity index (χ1v) is 5.17. The average Bonchev–Trinajstić information content (AvgIpc) is 2.52. The summed E-state index contributed by atoms with van der Waals surface area (Å²) in [5, 5.41) is 2.38. The second-order valence-electron chi connectivity index (χ2n) is 2.45. The second kappa shape index (κ2) is 5.06. The van der Waals surface area contributed by atoms with Gasteiger partial charge in [-0.3, -0.25) is 4.79 Å². The fourth-order valence-electron chi connectivity index (χ4n) is 0.907. The van der Waals surface area contributed by atoms with Crippen LogP contribution in [0.3, 0.4) is 0 Å². The molecule has 1 heterocycles. The van der Waals surface area contributed by atoms with Crippen LogP contribution in [-0.4, -0.2) is 5.78 Å². The van der Waals surface area contributed by atoms with Crippen molar-refractivity contribution in [2.75, 3.05) is 0 Å². The molecule has 0 aliphatic rings. The topological polar surface area (TPSA) is 17.1 Å². The van der Waals surface area contributed by atoms with Crippen LogP contribution in [0.2, 0.25) is 5.02 Å². The molecule has 0 bridgehead atoms. The maximum absolute atomic E-state index is 11.5. The molecule has 3 heteroatoms. The highest BCUT2D eigenvalue weighted by Gasteiger charge is 2.10. The first kappa shape index (κ1) is 10.3. The quantitative estimate of drug-likeness (QED) is 0.555. The van der Waals surface area contributed by atoms with Crippen molar-refractivity contribution in [3.63, 3.8) is 0 Å². The SMILES string of the molecule is CC#CCCC(=O)c1sccc1Cl. The van der Waals surface area contributed by atoms with Gasteiger partial charge in [-0.15, -0.1) is 23.2 Å². The molecule has 0 amide bonds. The fourth-order valence-corrected chi connectivity index (χ4v) is 2.04. The van der Waals surface area contributed by atoms with Gasteiger partial charge in [-0.25, -0.2) is 0 Å². The molecule has 0 unspecified atom stereocenters. The Morgan fingerprint density at radius 1 is 1.69 bits per heavy atom. The van der Waals surface area contributed by atoms with Gasteiger partial charge in [0.25, 0.3) is 0 Å². The molecule has 0 radical (unpaired) electrons. The van der Waals surface area contributed by atoms with Crippen molar-refractivity contribution < 1.29 is 4.79 Å². The minimum atomic E-state index is 0.0859. The molecule has 0 aliphatic heterocycles. The molecular formula is C10H9ClOS. The zero-order valence-electron chi connectivity index (χ0n) is 7.26. The average molecular weight is 213 g/mol. The van der Waals surface area contributed by atoms with Gasteiger partial charge in [0.2, 0.25) is 0 Å². The highest BCUT2D eigenvalue weighted by molar-refractivity contribution is 7.12. The number of carbonyl (C=O) groups excluding carboxylic acids is 1. The van der Waals surface area contributed by atoms with E-state index in [-0.39, 0.29) is 5.78 Å². The van der Waals surface area contributed by atoms with Crippen LogP contribution in [0, 0.1) is 11.8 Å². The van der Waals surface area contributed by atoms with Gasteiger partial charge in [-0.05, 0) is 18.4 Å². The Morgan fingerprint density at radius 3 is 3.00 bits per heavy atom. The van der Waals surface area contributed by atoms with E-state index in [1.807, 2.05) is 5.38 Å². The number of halogens is 1. The van der Waals surface area contributed by atoms with E-state index >= 15 is 0 Å². The zero-order valence-corrected chi connectivity index (χ0v) is 8.84. The van der Waals surface area contributed by atoms with Gasteiger partial charge < -0.3 is 0 Å². The van der Waals surface area contributed by atoms with Crippen molar-refractivity contribution in [1.29, 1.82) is 0 Å². The molecule has 1 rings (SSSR count). The van der Waals surface area contributed by atoms with Gasteiger partial charge in [0.1, 0.15) is 0 Å². The lowest BCUT2D eigenvalue weighted by Gasteiger charge is -1.93.